The molecule has 1 saturated heterocycles. The highest BCUT2D eigenvalue weighted by molar-refractivity contribution is 5.86. The Labute approximate surface area is 104 Å². The maximum atomic E-state index is 11.9. The number of carbonyl (C=O) groups is 3. The summed E-state index contributed by atoms with van der Waals surface area (Å²) in [7, 11) is 1.48. The highest BCUT2D eigenvalue weighted by Crippen LogP contribution is 2.19. The lowest BCUT2D eigenvalue weighted by Crippen LogP contribution is -2.52. The standard InChI is InChI=1S/C10H17N3O5/c1-5(12-10(11)17)8(14)13(2)7-4-18-3-6(7)9(15)16/h5-7H,3-4H2,1-2H3,(H,15,16)(H3,11,12,17). The summed E-state index contributed by atoms with van der Waals surface area (Å²) >= 11 is 0. The fraction of sp³-hybridized carbons (Fsp3) is 0.700. The van der Waals surface area contributed by atoms with Gasteiger partial charge in [0.15, 0.2) is 0 Å². The lowest BCUT2D eigenvalue weighted by molar-refractivity contribution is -0.144. The molecule has 18 heavy (non-hydrogen) atoms. The van der Waals surface area contributed by atoms with Crippen LogP contribution in [0, 0.1) is 5.92 Å². The lowest BCUT2D eigenvalue weighted by atomic mass is 10.0. The number of ether oxygens (including phenoxy) is 1. The summed E-state index contributed by atoms with van der Waals surface area (Å²) in [6.45, 7) is 1.73. The van der Waals surface area contributed by atoms with Crippen LogP contribution in [0.2, 0.25) is 0 Å². The van der Waals surface area contributed by atoms with Crippen molar-refractivity contribution in [1.29, 1.82) is 0 Å². The van der Waals surface area contributed by atoms with Crippen LogP contribution >= 0.6 is 0 Å². The van der Waals surface area contributed by atoms with Crippen molar-refractivity contribution in [1.82, 2.24) is 10.2 Å². The van der Waals surface area contributed by atoms with Crippen LogP contribution in [0.15, 0.2) is 0 Å². The van der Waals surface area contributed by atoms with E-state index in [4.69, 9.17) is 15.6 Å². The average molecular weight is 259 g/mol. The van der Waals surface area contributed by atoms with Gasteiger partial charge in [-0.15, -0.1) is 0 Å². The molecule has 4 N–H and O–H groups in total. The van der Waals surface area contributed by atoms with E-state index in [9.17, 15) is 14.4 Å². The number of primary amides is 1. The number of hydrogen-bond donors (Lipinski definition) is 3. The molecule has 1 aliphatic heterocycles. The molecule has 1 rings (SSSR count). The predicted octanol–water partition coefficient (Wildman–Crippen LogP) is -1.40. The first-order valence-corrected chi connectivity index (χ1v) is 5.47. The first-order valence-electron chi connectivity index (χ1n) is 5.47. The second-order valence-electron chi connectivity index (χ2n) is 4.23. The van der Waals surface area contributed by atoms with Gasteiger partial charge in [-0.2, -0.15) is 0 Å². The molecule has 3 amide bonds. The number of likely N-dealkylation sites (N-methyl/N-ethyl adjacent to an activating group) is 1. The summed E-state index contributed by atoms with van der Waals surface area (Å²) < 4.78 is 5.08. The molecule has 0 aromatic heterocycles. The predicted molar refractivity (Wildman–Crippen MR) is 60.7 cm³/mol. The highest BCUT2D eigenvalue weighted by Gasteiger charge is 2.39. The average Bonchev–Trinajstić information content (AvgIpc) is 2.74. The number of nitrogens with two attached hydrogens (primary N) is 1. The second kappa shape index (κ2) is 5.67. The van der Waals surface area contributed by atoms with Crippen LogP contribution < -0.4 is 11.1 Å². The molecule has 0 saturated carbocycles. The molecule has 0 bridgehead atoms. The van der Waals surface area contributed by atoms with E-state index in [-0.39, 0.29) is 13.2 Å². The summed E-state index contributed by atoms with van der Waals surface area (Å²) in [6.07, 6.45) is 0. The minimum atomic E-state index is -1.01. The van der Waals surface area contributed by atoms with Gasteiger partial charge in [-0.05, 0) is 6.92 Å². The summed E-state index contributed by atoms with van der Waals surface area (Å²) in [5.41, 5.74) is 4.92. The quantitative estimate of drug-likeness (QED) is 0.573. The summed E-state index contributed by atoms with van der Waals surface area (Å²) in [4.78, 5) is 34.9. The number of carboxylic acid groups (broad SMARTS) is 1. The smallest absolute Gasteiger partial charge is 0.312 e. The number of urea groups is 1. The molecule has 3 unspecified atom stereocenters. The Balaban J connectivity index is 2.68. The van der Waals surface area contributed by atoms with Crippen LogP contribution in [-0.2, 0) is 14.3 Å². The molecule has 0 radical (unpaired) electrons. The van der Waals surface area contributed by atoms with E-state index >= 15 is 0 Å². The van der Waals surface area contributed by atoms with Gasteiger partial charge in [0.05, 0.1) is 19.3 Å². The van der Waals surface area contributed by atoms with Crippen molar-refractivity contribution in [3.05, 3.63) is 0 Å². The van der Waals surface area contributed by atoms with Gasteiger partial charge < -0.3 is 25.8 Å². The minimum Gasteiger partial charge on any atom is -0.481 e. The Morgan fingerprint density at radius 1 is 1.44 bits per heavy atom. The zero-order chi connectivity index (χ0) is 13.9. The van der Waals surface area contributed by atoms with Crippen molar-refractivity contribution < 1.29 is 24.2 Å². The Morgan fingerprint density at radius 3 is 2.56 bits per heavy atom. The molecule has 1 heterocycles. The normalized spacial score (nSPS) is 24.3. The summed E-state index contributed by atoms with van der Waals surface area (Å²) in [5.74, 6) is -2.16. The van der Waals surface area contributed by atoms with Crippen molar-refractivity contribution in [2.75, 3.05) is 20.3 Å². The van der Waals surface area contributed by atoms with Crippen LogP contribution in [0.3, 0.4) is 0 Å². The van der Waals surface area contributed by atoms with Gasteiger partial charge in [0.25, 0.3) is 0 Å². The van der Waals surface area contributed by atoms with Crippen molar-refractivity contribution in [3.8, 4) is 0 Å². The summed E-state index contributed by atoms with van der Waals surface area (Å²) in [6, 6.07) is -2.14. The van der Waals surface area contributed by atoms with Gasteiger partial charge in [-0.25, -0.2) is 4.79 Å². The zero-order valence-corrected chi connectivity index (χ0v) is 10.3. The highest BCUT2D eigenvalue weighted by atomic mass is 16.5. The lowest BCUT2D eigenvalue weighted by Gasteiger charge is -2.28. The number of hydrogen-bond acceptors (Lipinski definition) is 4. The minimum absolute atomic E-state index is 0.0786. The Bertz CT molecular complexity index is 359. The maximum absolute atomic E-state index is 11.9. The molecule has 102 valence electrons. The number of amides is 3. The Kier molecular flexibility index (Phi) is 4.49. The largest absolute Gasteiger partial charge is 0.481 e. The molecule has 0 aliphatic carbocycles. The van der Waals surface area contributed by atoms with Crippen LogP contribution in [0.1, 0.15) is 6.92 Å². The number of rotatable bonds is 4. The Morgan fingerprint density at radius 2 is 2.06 bits per heavy atom. The number of carboxylic acids is 1. The molecule has 0 aromatic carbocycles. The fourth-order valence-electron chi connectivity index (χ4n) is 1.90. The topological polar surface area (TPSA) is 122 Å². The second-order valence-corrected chi connectivity index (χ2v) is 4.23. The first kappa shape index (κ1) is 14.2. The van der Waals surface area contributed by atoms with Gasteiger partial charge >= 0.3 is 12.0 Å². The van der Waals surface area contributed by atoms with E-state index in [1.165, 1.54) is 18.9 Å². The number of nitrogens with zero attached hydrogens (tertiary/aromatic N) is 1. The SMILES string of the molecule is CC(NC(N)=O)C(=O)N(C)C1COCC1C(=O)O. The molecule has 8 nitrogen and oxygen atoms in total. The van der Waals surface area contributed by atoms with Crippen LogP contribution in [-0.4, -0.2) is 60.3 Å². The molecule has 8 heteroatoms. The van der Waals surface area contributed by atoms with E-state index < -0.39 is 35.9 Å². The maximum Gasteiger partial charge on any atom is 0.312 e. The van der Waals surface area contributed by atoms with E-state index in [1.807, 2.05) is 0 Å². The molecule has 1 fully saturated rings. The van der Waals surface area contributed by atoms with E-state index in [1.54, 1.807) is 0 Å². The molecular weight excluding hydrogens is 242 g/mol. The third-order valence-corrected chi connectivity index (χ3v) is 2.94. The van der Waals surface area contributed by atoms with Crippen molar-refractivity contribution in [3.63, 3.8) is 0 Å². The van der Waals surface area contributed by atoms with Crippen LogP contribution in [0.25, 0.3) is 0 Å². The number of aliphatic carboxylic acids is 1. The monoisotopic (exact) mass is 259 g/mol. The van der Waals surface area contributed by atoms with Gasteiger partial charge in [-0.1, -0.05) is 0 Å². The number of nitrogens with one attached hydrogen (secondary N) is 1. The van der Waals surface area contributed by atoms with Gasteiger partial charge in [0.1, 0.15) is 12.0 Å². The van der Waals surface area contributed by atoms with Crippen molar-refractivity contribution in [2.45, 2.75) is 19.0 Å². The molecule has 3 atom stereocenters. The Hall–Kier alpha value is -1.83. The van der Waals surface area contributed by atoms with Gasteiger partial charge in [0, 0.05) is 7.05 Å². The third-order valence-electron chi connectivity index (χ3n) is 2.94. The number of carbonyl (C=O) groups excluding carboxylic acids is 2. The summed E-state index contributed by atoms with van der Waals surface area (Å²) in [5, 5.41) is 11.2. The van der Waals surface area contributed by atoms with Gasteiger partial charge in [0.2, 0.25) is 5.91 Å². The zero-order valence-electron chi connectivity index (χ0n) is 10.3. The van der Waals surface area contributed by atoms with Crippen LogP contribution in [0.5, 0.6) is 0 Å². The molecular formula is C10H17N3O5. The molecule has 0 aromatic rings. The van der Waals surface area contributed by atoms with E-state index in [0.717, 1.165) is 0 Å². The molecule has 0 spiro atoms. The molecule has 1 aliphatic rings. The van der Waals surface area contributed by atoms with E-state index in [0.29, 0.717) is 0 Å². The van der Waals surface area contributed by atoms with Crippen molar-refractivity contribution in [2.24, 2.45) is 11.7 Å². The van der Waals surface area contributed by atoms with Crippen molar-refractivity contribution >= 4 is 17.9 Å². The van der Waals surface area contributed by atoms with Gasteiger partial charge in [-0.3, -0.25) is 9.59 Å². The first-order chi connectivity index (χ1) is 8.34. The fourth-order valence-corrected chi connectivity index (χ4v) is 1.90. The van der Waals surface area contributed by atoms with Crippen LogP contribution in [0.4, 0.5) is 4.79 Å². The van der Waals surface area contributed by atoms with E-state index in [2.05, 4.69) is 5.32 Å². The third kappa shape index (κ3) is 3.10.